The molecule has 2 aromatic carbocycles. The Bertz CT molecular complexity index is 1800. The summed E-state index contributed by atoms with van der Waals surface area (Å²) < 4.78 is 32.0. The lowest BCUT2D eigenvalue weighted by atomic mass is 9.89. The van der Waals surface area contributed by atoms with Crippen LogP contribution in [0.25, 0.3) is 32.9 Å². The molecule has 236 valence electrons. The van der Waals surface area contributed by atoms with Gasteiger partial charge >= 0.3 is 0 Å². The van der Waals surface area contributed by atoms with Crippen LogP contribution in [0.3, 0.4) is 0 Å². The van der Waals surface area contributed by atoms with Crippen molar-refractivity contribution in [3.05, 3.63) is 53.2 Å². The smallest absolute Gasteiger partial charge is 0.228 e. The zero-order valence-electron chi connectivity index (χ0n) is 26.3. The first-order chi connectivity index (χ1) is 21.4. The number of piperidine rings is 2. The van der Waals surface area contributed by atoms with Crippen molar-refractivity contribution in [2.24, 2.45) is 0 Å². The molecule has 0 spiro atoms. The van der Waals surface area contributed by atoms with Gasteiger partial charge in [0.05, 0.1) is 22.2 Å². The van der Waals surface area contributed by atoms with E-state index in [0.29, 0.717) is 66.0 Å². The highest BCUT2D eigenvalue weighted by Gasteiger charge is 2.31. The van der Waals surface area contributed by atoms with E-state index in [9.17, 15) is 14.6 Å². The second kappa shape index (κ2) is 11.8. The van der Waals surface area contributed by atoms with Gasteiger partial charge in [0.1, 0.15) is 22.8 Å². The maximum atomic E-state index is 17.0. The number of pyridine rings is 1. The van der Waals surface area contributed by atoms with Gasteiger partial charge in [0.2, 0.25) is 5.95 Å². The molecule has 0 unspecified atom stereocenters. The molecule has 3 N–H and O–H groups in total. The average molecular weight is 615 g/mol. The molecule has 10 heteroatoms. The SMILES string of the molecule is C#Cc1c(F)ccc2cc(C(C)(C)O)cc(-c3ncc4c(N(C)C[C@@H]5CCCCN5)nc(N5CCC(C)(O)CC5)nc4c3F)c12. The Morgan fingerprint density at radius 2 is 1.93 bits per heavy atom. The topological polar surface area (TPSA) is 97.6 Å². The highest BCUT2D eigenvalue weighted by molar-refractivity contribution is 6.02. The molecule has 2 aliphatic heterocycles. The molecule has 0 aliphatic carbocycles. The molecular formula is C35H40F2N6O2. The zero-order valence-corrected chi connectivity index (χ0v) is 26.3. The third-order valence-corrected chi connectivity index (χ3v) is 9.22. The van der Waals surface area contributed by atoms with Gasteiger partial charge in [-0.1, -0.05) is 18.4 Å². The number of nitrogens with one attached hydrogen (secondary N) is 1. The monoisotopic (exact) mass is 614 g/mol. The number of aromatic nitrogens is 3. The second-order valence-corrected chi connectivity index (χ2v) is 13.3. The van der Waals surface area contributed by atoms with Gasteiger partial charge in [-0.3, -0.25) is 4.98 Å². The lowest BCUT2D eigenvalue weighted by Gasteiger charge is -2.36. The van der Waals surface area contributed by atoms with Crippen LogP contribution in [0.4, 0.5) is 20.5 Å². The molecule has 2 aromatic heterocycles. The number of fused-ring (bicyclic) bond motifs is 2. The zero-order chi connectivity index (χ0) is 32.1. The van der Waals surface area contributed by atoms with E-state index in [-0.39, 0.29) is 28.4 Å². The maximum absolute atomic E-state index is 17.0. The van der Waals surface area contributed by atoms with Crippen LogP contribution in [-0.2, 0) is 5.60 Å². The Morgan fingerprint density at radius 1 is 1.18 bits per heavy atom. The number of halogens is 2. The van der Waals surface area contributed by atoms with Gasteiger partial charge in [0, 0.05) is 49.9 Å². The Balaban J connectivity index is 1.56. The van der Waals surface area contributed by atoms with Crippen LogP contribution in [0.15, 0.2) is 30.5 Å². The Labute approximate surface area is 262 Å². The fourth-order valence-corrected chi connectivity index (χ4v) is 6.46. The first-order valence-corrected chi connectivity index (χ1v) is 15.6. The average Bonchev–Trinajstić information content (AvgIpc) is 3.00. The lowest BCUT2D eigenvalue weighted by molar-refractivity contribution is 0.0349. The number of terminal acetylenes is 1. The summed E-state index contributed by atoms with van der Waals surface area (Å²) in [5.74, 6) is 2.07. The van der Waals surface area contributed by atoms with Gasteiger partial charge in [-0.25, -0.2) is 13.8 Å². The Morgan fingerprint density at radius 3 is 2.60 bits per heavy atom. The molecule has 0 bridgehead atoms. The van der Waals surface area contributed by atoms with Crippen molar-refractivity contribution in [1.82, 2.24) is 20.3 Å². The number of hydrogen-bond donors (Lipinski definition) is 3. The summed E-state index contributed by atoms with van der Waals surface area (Å²) in [5, 5.41) is 26.4. The summed E-state index contributed by atoms with van der Waals surface area (Å²) >= 11 is 0. The second-order valence-electron chi connectivity index (χ2n) is 13.3. The van der Waals surface area contributed by atoms with Gasteiger partial charge in [-0.05, 0) is 82.1 Å². The van der Waals surface area contributed by atoms with Crippen molar-refractivity contribution >= 4 is 33.4 Å². The van der Waals surface area contributed by atoms with E-state index >= 15 is 4.39 Å². The van der Waals surface area contributed by atoms with Gasteiger partial charge < -0.3 is 25.3 Å². The number of rotatable bonds is 6. The van der Waals surface area contributed by atoms with E-state index in [1.165, 1.54) is 6.07 Å². The lowest BCUT2D eigenvalue weighted by Crippen LogP contribution is -2.44. The van der Waals surface area contributed by atoms with Crippen LogP contribution in [0.5, 0.6) is 0 Å². The normalized spacial score (nSPS) is 18.7. The first kappa shape index (κ1) is 31.1. The third-order valence-electron chi connectivity index (χ3n) is 9.22. The van der Waals surface area contributed by atoms with Crippen LogP contribution in [0.2, 0.25) is 0 Å². The molecule has 1 atom stereocenters. The number of likely N-dealkylation sites (N-methyl/N-ethyl adjacent to an activating group) is 1. The summed E-state index contributed by atoms with van der Waals surface area (Å²) in [6.45, 7) is 7.76. The van der Waals surface area contributed by atoms with Crippen LogP contribution in [-0.4, -0.2) is 70.0 Å². The van der Waals surface area contributed by atoms with Crippen LogP contribution < -0.4 is 15.1 Å². The highest BCUT2D eigenvalue weighted by atomic mass is 19.1. The Hall–Kier alpha value is -3.91. The van der Waals surface area contributed by atoms with Gasteiger partial charge in [-0.15, -0.1) is 6.42 Å². The minimum absolute atomic E-state index is 0.00440. The van der Waals surface area contributed by atoms with Gasteiger partial charge in [-0.2, -0.15) is 4.98 Å². The summed E-state index contributed by atoms with van der Waals surface area (Å²) in [6.07, 6.45) is 11.7. The molecular weight excluding hydrogens is 574 g/mol. The minimum atomic E-state index is -1.27. The number of nitrogens with zero attached hydrogens (tertiary/aromatic N) is 5. The number of aliphatic hydroxyl groups is 2. The van der Waals surface area contributed by atoms with E-state index in [1.54, 1.807) is 38.2 Å². The van der Waals surface area contributed by atoms with Crippen LogP contribution in [0, 0.1) is 24.0 Å². The fourth-order valence-electron chi connectivity index (χ4n) is 6.46. The summed E-state index contributed by atoms with van der Waals surface area (Å²) in [7, 11) is 1.94. The summed E-state index contributed by atoms with van der Waals surface area (Å²) in [5.41, 5.74) is -1.24. The van der Waals surface area contributed by atoms with Crippen molar-refractivity contribution in [3.63, 3.8) is 0 Å². The molecule has 4 aromatic rings. The molecule has 0 saturated carbocycles. The van der Waals surface area contributed by atoms with Crippen LogP contribution in [0.1, 0.15) is 64.0 Å². The standard InChI is InChI=1S/C35H40F2N6O2/c1-6-24-27(36)11-10-21-17-22(34(2,3)44)18-25(28(21)24)30-29(37)31-26(19-39-30)32(42(5)20-23-9-7-8-14-38-23)41-33(40-31)43-15-12-35(4,45)13-16-43/h1,10-11,17-19,23,38,44-45H,7-9,12-16,20H2,2-5H3/t23-/m0/s1. The Kier molecular flexibility index (Phi) is 8.14. The number of anilines is 2. The first-order valence-electron chi connectivity index (χ1n) is 15.6. The minimum Gasteiger partial charge on any atom is -0.390 e. The fraction of sp³-hybridized carbons (Fsp3) is 0.457. The largest absolute Gasteiger partial charge is 0.390 e. The van der Waals surface area contributed by atoms with Gasteiger partial charge in [0.25, 0.3) is 0 Å². The molecule has 6 rings (SSSR count). The summed E-state index contributed by atoms with van der Waals surface area (Å²) in [6, 6.07) is 6.47. The van der Waals surface area contributed by atoms with Crippen molar-refractivity contribution in [3.8, 4) is 23.6 Å². The van der Waals surface area contributed by atoms with E-state index in [4.69, 9.17) is 16.4 Å². The summed E-state index contributed by atoms with van der Waals surface area (Å²) in [4.78, 5) is 18.3. The third kappa shape index (κ3) is 6.05. The molecule has 0 radical (unpaired) electrons. The molecule has 4 heterocycles. The van der Waals surface area contributed by atoms with Crippen molar-refractivity contribution in [2.75, 3.05) is 43.0 Å². The molecule has 0 amide bonds. The molecule has 45 heavy (non-hydrogen) atoms. The predicted octanol–water partition coefficient (Wildman–Crippen LogP) is 5.26. The van der Waals surface area contributed by atoms with Crippen molar-refractivity contribution in [1.29, 1.82) is 0 Å². The van der Waals surface area contributed by atoms with E-state index in [1.807, 2.05) is 23.8 Å². The molecule has 8 nitrogen and oxygen atoms in total. The van der Waals surface area contributed by atoms with Crippen molar-refractivity contribution in [2.45, 2.75) is 70.1 Å². The van der Waals surface area contributed by atoms with E-state index in [2.05, 4.69) is 16.2 Å². The van der Waals surface area contributed by atoms with Gasteiger partial charge in [0.15, 0.2) is 5.82 Å². The van der Waals surface area contributed by atoms with E-state index < -0.39 is 22.8 Å². The van der Waals surface area contributed by atoms with Crippen molar-refractivity contribution < 1.29 is 19.0 Å². The van der Waals surface area contributed by atoms with Crippen LogP contribution >= 0.6 is 0 Å². The molecule has 2 saturated heterocycles. The van der Waals surface area contributed by atoms with E-state index in [0.717, 1.165) is 25.8 Å². The molecule has 2 aliphatic rings. The highest BCUT2D eigenvalue weighted by Crippen LogP contribution is 2.39. The number of benzene rings is 2. The number of hydrogen-bond acceptors (Lipinski definition) is 8. The predicted molar refractivity (Wildman–Crippen MR) is 174 cm³/mol. The quantitative estimate of drug-likeness (QED) is 0.253. The maximum Gasteiger partial charge on any atom is 0.228 e. The molecule has 2 fully saturated rings.